The molecule has 15 heteroatoms. The summed E-state index contributed by atoms with van der Waals surface area (Å²) in [5.74, 6) is -16.9. The molecule has 4 aromatic rings. The minimum Gasteiger partial charge on any atom is -0.493 e. The van der Waals surface area contributed by atoms with Gasteiger partial charge >= 0.3 is 12.1 Å². The lowest BCUT2D eigenvalue weighted by molar-refractivity contribution is -0.152. The Morgan fingerprint density at radius 1 is 0.829 bits per heavy atom. The largest absolute Gasteiger partial charge is 0.493 e. The van der Waals surface area contributed by atoms with E-state index in [1.807, 2.05) is 0 Å². The van der Waals surface area contributed by atoms with Crippen molar-refractivity contribution in [1.29, 1.82) is 0 Å². The van der Waals surface area contributed by atoms with E-state index in [-0.39, 0.29) is 22.4 Å². The van der Waals surface area contributed by atoms with Crippen molar-refractivity contribution in [3.05, 3.63) is 81.5 Å². The number of fused-ring (bicyclic) bond motifs is 1. The SMILES string of the molecule is COc1ccc(-c2c(C(F)(F)F)oc3cc(OC(=O)COc4c(F)c(F)c(F)c(F)c4F)ccc3c2=O)cc1OC. The van der Waals surface area contributed by atoms with Gasteiger partial charge in [-0.05, 0) is 29.8 Å². The maximum atomic E-state index is 14.0. The fraction of sp³-hybridized carbons (Fsp3) is 0.154. The lowest BCUT2D eigenvalue weighted by Crippen LogP contribution is -2.20. The Morgan fingerprint density at radius 2 is 1.44 bits per heavy atom. The fourth-order valence-electron chi connectivity index (χ4n) is 3.69. The molecule has 0 atom stereocenters. The quantitative estimate of drug-likeness (QED) is 0.0837. The Hall–Kier alpha value is -4.82. The third kappa shape index (κ3) is 5.47. The fourth-order valence-corrected chi connectivity index (χ4v) is 3.69. The van der Waals surface area contributed by atoms with Crippen LogP contribution < -0.4 is 24.4 Å². The molecule has 4 rings (SSSR count). The van der Waals surface area contributed by atoms with Gasteiger partial charge in [0, 0.05) is 6.07 Å². The monoisotopic (exact) mass is 590 g/mol. The molecular formula is C26H14F8O7. The van der Waals surface area contributed by atoms with Crippen LogP contribution in [0.15, 0.2) is 45.6 Å². The van der Waals surface area contributed by atoms with E-state index in [2.05, 4.69) is 4.74 Å². The predicted octanol–water partition coefficient (Wildman–Crippen LogP) is 6.18. The molecule has 41 heavy (non-hydrogen) atoms. The van der Waals surface area contributed by atoms with E-state index in [1.165, 1.54) is 26.4 Å². The minimum absolute atomic E-state index is 0.0352. The summed E-state index contributed by atoms with van der Waals surface area (Å²) < 4.78 is 133. The van der Waals surface area contributed by atoms with Gasteiger partial charge in [0.25, 0.3) is 0 Å². The van der Waals surface area contributed by atoms with Gasteiger partial charge < -0.3 is 23.4 Å². The van der Waals surface area contributed by atoms with E-state index in [0.717, 1.165) is 24.3 Å². The molecule has 0 aliphatic heterocycles. The number of carbonyl (C=O) groups excluding carboxylic acids is 1. The van der Waals surface area contributed by atoms with Crippen LogP contribution in [0.1, 0.15) is 5.76 Å². The summed E-state index contributed by atoms with van der Waals surface area (Å²) in [6.07, 6.45) is -5.16. The van der Waals surface area contributed by atoms with Crippen molar-refractivity contribution in [3.8, 4) is 34.1 Å². The molecule has 0 spiro atoms. The van der Waals surface area contributed by atoms with Crippen LogP contribution in [0.4, 0.5) is 35.1 Å². The van der Waals surface area contributed by atoms with E-state index < -0.39 is 81.7 Å². The number of hydrogen-bond acceptors (Lipinski definition) is 7. The molecule has 0 radical (unpaired) electrons. The number of alkyl halides is 3. The molecule has 0 aliphatic rings. The molecule has 0 aliphatic carbocycles. The van der Waals surface area contributed by atoms with Crippen molar-refractivity contribution in [2.75, 3.05) is 20.8 Å². The Balaban J connectivity index is 1.68. The lowest BCUT2D eigenvalue weighted by atomic mass is 10.0. The number of benzene rings is 3. The molecule has 0 bridgehead atoms. The molecule has 0 fully saturated rings. The molecule has 0 unspecified atom stereocenters. The average molecular weight is 590 g/mol. The van der Waals surface area contributed by atoms with Gasteiger partial charge in [0.05, 0.1) is 25.2 Å². The first-order chi connectivity index (χ1) is 19.3. The zero-order chi connectivity index (χ0) is 30.2. The summed E-state index contributed by atoms with van der Waals surface area (Å²) in [4.78, 5) is 25.2. The van der Waals surface area contributed by atoms with Gasteiger partial charge in [0.2, 0.25) is 40.3 Å². The molecule has 0 saturated heterocycles. The second-order valence-corrected chi connectivity index (χ2v) is 8.02. The summed E-state index contributed by atoms with van der Waals surface area (Å²) in [5.41, 5.74) is -2.80. The Kier molecular flexibility index (Phi) is 7.81. The van der Waals surface area contributed by atoms with Crippen molar-refractivity contribution in [1.82, 2.24) is 0 Å². The van der Waals surface area contributed by atoms with Crippen LogP contribution in [0.25, 0.3) is 22.1 Å². The van der Waals surface area contributed by atoms with Crippen LogP contribution in [0.5, 0.6) is 23.0 Å². The zero-order valence-corrected chi connectivity index (χ0v) is 20.6. The summed E-state index contributed by atoms with van der Waals surface area (Å²) in [7, 11) is 2.55. The second-order valence-electron chi connectivity index (χ2n) is 8.02. The predicted molar refractivity (Wildman–Crippen MR) is 123 cm³/mol. The van der Waals surface area contributed by atoms with Gasteiger partial charge in [-0.25, -0.2) is 18.0 Å². The second kappa shape index (κ2) is 11.0. The number of ether oxygens (including phenoxy) is 4. The van der Waals surface area contributed by atoms with Gasteiger partial charge in [-0.15, -0.1) is 0 Å². The first-order valence-electron chi connectivity index (χ1n) is 11.0. The topological polar surface area (TPSA) is 84.2 Å². The number of halogens is 8. The molecule has 216 valence electrons. The Labute approximate surface area is 223 Å². The van der Waals surface area contributed by atoms with Crippen molar-refractivity contribution < 1.29 is 63.3 Å². The smallest absolute Gasteiger partial charge is 0.450 e. The van der Waals surface area contributed by atoms with Crippen molar-refractivity contribution in [3.63, 3.8) is 0 Å². The maximum absolute atomic E-state index is 14.0. The van der Waals surface area contributed by atoms with Gasteiger partial charge in [-0.3, -0.25) is 4.79 Å². The highest BCUT2D eigenvalue weighted by Gasteiger charge is 2.39. The van der Waals surface area contributed by atoms with E-state index in [1.54, 1.807) is 0 Å². The van der Waals surface area contributed by atoms with Gasteiger partial charge in [0.1, 0.15) is 11.3 Å². The minimum atomic E-state index is -5.16. The van der Waals surface area contributed by atoms with E-state index in [0.29, 0.717) is 0 Å². The highest BCUT2D eigenvalue weighted by atomic mass is 19.4. The third-order valence-corrected chi connectivity index (χ3v) is 5.53. The number of rotatable bonds is 7. The van der Waals surface area contributed by atoms with E-state index in [4.69, 9.17) is 18.6 Å². The van der Waals surface area contributed by atoms with E-state index >= 15 is 0 Å². The first-order valence-corrected chi connectivity index (χ1v) is 11.0. The lowest BCUT2D eigenvalue weighted by Gasteiger charge is -2.15. The number of methoxy groups -OCH3 is 2. The van der Waals surface area contributed by atoms with Crippen LogP contribution in [-0.2, 0) is 11.0 Å². The zero-order valence-electron chi connectivity index (χ0n) is 20.6. The Morgan fingerprint density at radius 3 is 2.02 bits per heavy atom. The molecule has 3 aromatic carbocycles. The summed E-state index contributed by atoms with van der Waals surface area (Å²) >= 11 is 0. The normalized spacial score (nSPS) is 11.5. The average Bonchev–Trinajstić information content (AvgIpc) is 2.94. The van der Waals surface area contributed by atoms with Crippen LogP contribution in [0.2, 0.25) is 0 Å². The molecular weight excluding hydrogens is 576 g/mol. The molecule has 1 aromatic heterocycles. The first kappa shape index (κ1) is 29.2. The summed E-state index contributed by atoms with van der Waals surface area (Å²) in [6.45, 7) is -1.37. The van der Waals surface area contributed by atoms with Gasteiger partial charge in [0.15, 0.2) is 23.9 Å². The Bertz CT molecular complexity index is 1700. The van der Waals surface area contributed by atoms with Crippen molar-refractivity contribution in [2.24, 2.45) is 0 Å². The number of carbonyl (C=O) groups is 1. The van der Waals surface area contributed by atoms with E-state index in [9.17, 15) is 44.7 Å². The van der Waals surface area contributed by atoms with Gasteiger partial charge in [-0.2, -0.15) is 22.0 Å². The molecule has 0 amide bonds. The third-order valence-electron chi connectivity index (χ3n) is 5.53. The van der Waals surface area contributed by atoms with Crippen molar-refractivity contribution >= 4 is 16.9 Å². The molecule has 1 heterocycles. The highest BCUT2D eigenvalue weighted by molar-refractivity contribution is 5.85. The van der Waals surface area contributed by atoms with Crippen LogP contribution in [-0.4, -0.2) is 26.8 Å². The van der Waals surface area contributed by atoms with Crippen LogP contribution in [0, 0.1) is 29.1 Å². The molecule has 0 saturated carbocycles. The molecule has 7 nitrogen and oxygen atoms in total. The standard InChI is InChI=1S/C26H14F8O7/c1-37-13-6-3-10(7-15(13)38-2)17-23(36)12-5-4-11(8-14(12)41-25(17)26(32,33)34)40-16(35)9-39-24-21(30)19(28)18(27)20(29)22(24)31/h3-8H,9H2,1-2H3. The maximum Gasteiger partial charge on any atom is 0.450 e. The number of hydrogen-bond donors (Lipinski definition) is 0. The van der Waals surface area contributed by atoms with Crippen molar-refractivity contribution in [2.45, 2.75) is 6.18 Å². The van der Waals surface area contributed by atoms with Crippen LogP contribution in [0.3, 0.4) is 0 Å². The highest BCUT2D eigenvalue weighted by Crippen LogP contribution is 2.40. The summed E-state index contributed by atoms with van der Waals surface area (Å²) in [6, 6.07) is 6.35. The van der Waals surface area contributed by atoms with Crippen LogP contribution >= 0.6 is 0 Å². The number of esters is 1. The summed E-state index contributed by atoms with van der Waals surface area (Å²) in [5, 5.41) is -0.347. The molecule has 0 N–H and O–H groups in total. The van der Waals surface area contributed by atoms with Gasteiger partial charge in [-0.1, -0.05) is 6.07 Å².